The van der Waals surface area contributed by atoms with Crippen LogP contribution in [0.15, 0.2) is 77.9 Å². The van der Waals surface area contributed by atoms with E-state index in [9.17, 15) is 4.79 Å². The molecular formula is C26H29ClN4O3. The molecule has 2 aromatic heterocycles. The van der Waals surface area contributed by atoms with Crippen molar-refractivity contribution in [1.82, 2.24) is 19.2 Å². The molecule has 5 rings (SSSR count). The minimum absolute atomic E-state index is 0. The first-order valence-electron chi connectivity index (χ1n) is 11.3. The van der Waals surface area contributed by atoms with Gasteiger partial charge in [-0.3, -0.25) is 18.9 Å². The van der Waals surface area contributed by atoms with Gasteiger partial charge in [0.15, 0.2) is 0 Å². The van der Waals surface area contributed by atoms with Crippen LogP contribution in [0.1, 0.15) is 18.4 Å². The maximum atomic E-state index is 12.7. The summed E-state index contributed by atoms with van der Waals surface area (Å²) in [5, 5.41) is 5.58. The molecule has 8 heteroatoms. The van der Waals surface area contributed by atoms with Crippen LogP contribution in [0.5, 0.6) is 5.75 Å². The SMILES string of the molecule is COC1CCCN1CCn1ncc2cc(-n3ccc(OCc4ccccc4)cc3=O)ccc21.Cl. The van der Waals surface area contributed by atoms with Crippen molar-refractivity contribution >= 4 is 23.3 Å². The van der Waals surface area contributed by atoms with Gasteiger partial charge in [0, 0.05) is 43.5 Å². The van der Waals surface area contributed by atoms with Crippen LogP contribution in [0.25, 0.3) is 16.6 Å². The third-order valence-corrected chi connectivity index (χ3v) is 6.22. The van der Waals surface area contributed by atoms with Gasteiger partial charge in [-0.1, -0.05) is 30.3 Å². The van der Waals surface area contributed by atoms with Crippen LogP contribution in [-0.2, 0) is 17.9 Å². The van der Waals surface area contributed by atoms with Gasteiger partial charge in [-0.05, 0) is 42.7 Å². The smallest absolute Gasteiger partial charge is 0.258 e. The molecule has 0 aliphatic carbocycles. The summed E-state index contributed by atoms with van der Waals surface area (Å²) in [6.45, 7) is 3.20. The molecule has 178 valence electrons. The van der Waals surface area contributed by atoms with Crippen molar-refractivity contribution in [3.05, 3.63) is 89.0 Å². The monoisotopic (exact) mass is 480 g/mol. The lowest BCUT2D eigenvalue weighted by atomic mass is 10.2. The fourth-order valence-corrected chi connectivity index (χ4v) is 4.45. The number of fused-ring (bicyclic) bond motifs is 1. The van der Waals surface area contributed by atoms with E-state index in [0.29, 0.717) is 12.4 Å². The van der Waals surface area contributed by atoms with E-state index in [0.717, 1.165) is 48.2 Å². The quantitative estimate of drug-likeness (QED) is 0.377. The van der Waals surface area contributed by atoms with Crippen LogP contribution < -0.4 is 10.3 Å². The van der Waals surface area contributed by atoms with Gasteiger partial charge in [-0.15, -0.1) is 12.4 Å². The van der Waals surface area contributed by atoms with Crippen LogP contribution in [0.4, 0.5) is 0 Å². The Kier molecular flexibility index (Phi) is 7.67. The summed E-state index contributed by atoms with van der Waals surface area (Å²) in [7, 11) is 1.78. The van der Waals surface area contributed by atoms with Crippen molar-refractivity contribution in [1.29, 1.82) is 0 Å². The molecule has 0 bridgehead atoms. The summed E-state index contributed by atoms with van der Waals surface area (Å²) >= 11 is 0. The molecule has 34 heavy (non-hydrogen) atoms. The van der Waals surface area contributed by atoms with Crippen molar-refractivity contribution < 1.29 is 9.47 Å². The van der Waals surface area contributed by atoms with E-state index in [2.05, 4.69) is 10.00 Å². The van der Waals surface area contributed by atoms with Gasteiger partial charge < -0.3 is 9.47 Å². The number of pyridine rings is 1. The van der Waals surface area contributed by atoms with E-state index in [4.69, 9.17) is 9.47 Å². The van der Waals surface area contributed by atoms with Crippen molar-refractivity contribution in [3.63, 3.8) is 0 Å². The molecule has 1 atom stereocenters. The highest BCUT2D eigenvalue weighted by Gasteiger charge is 2.23. The van der Waals surface area contributed by atoms with Gasteiger partial charge in [-0.25, -0.2) is 0 Å². The highest BCUT2D eigenvalue weighted by Crippen LogP contribution is 2.21. The number of benzene rings is 2. The highest BCUT2D eigenvalue weighted by molar-refractivity contribution is 5.85. The Bertz CT molecular complexity index is 1290. The third-order valence-electron chi connectivity index (χ3n) is 6.22. The number of hydrogen-bond donors (Lipinski definition) is 0. The van der Waals surface area contributed by atoms with Gasteiger partial charge in [-0.2, -0.15) is 5.10 Å². The molecule has 0 saturated carbocycles. The van der Waals surface area contributed by atoms with Crippen LogP contribution in [0, 0.1) is 0 Å². The predicted octanol–water partition coefficient (Wildman–Crippen LogP) is 4.26. The van der Waals surface area contributed by atoms with E-state index >= 15 is 0 Å². The summed E-state index contributed by atoms with van der Waals surface area (Å²) in [4.78, 5) is 15.1. The van der Waals surface area contributed by atoms with E-state index < -0.39 is 0 Å². The van der Waals surface area contributed by atoms with Crippen LogP contribution in [0.3, 0.4) is 0 Å². The van der Waals surface area contributed by atoms with Gasteiger partial charge in [0.2, 0.25) is 0 Å². The number of ether oxygens (including phenoxy) is 2. The number of nitrogens with zero attached hydrogens (tertiary/aromatic N) is 4. The molecule has 1 aliphatic heterocycles. The fraction of sp³-hybridized carbons (Fsp3) is 0.308. The predicted molar refractivity (Wildman–Crippen MR) is 135 cm³/mol. The molecule has 0 spiro atoms. The van der Waals surface area contributed by atoms with Crippen LogP contribution >= 0.6 is 12.4 Å². The van der Waals surface area contributed by atoms with Gasteiger partial charge >= 0.3 is 0 Å². The Balaban J connectivity index is 0.00000274. The Morgan fingerprint density at radius 3 is 2.71 bits per heavy atom. The molecule has 7 nitrogen and oxygen atoms in total. The first-order valence-corrected chi connectivity index (χ1v) is 11.3. The maximum Gasteiger partial charge on any atom is 0.258 e. The first-order chi connectivity index (χ1) is 16.2. The Morgan fingerprint density at radius 1 is 1.06 bits per heavy atom. The van der Waals surface area contributed by atoms with Crippen LogP contribution in [-0.4, -0.2) is 45.7 Å². The Labute approximate surface area is 204 Å². The molecule has 0 N–H and O–H groups in total. The van der Waals surface area contributed by atoms with Gasteiger partial charge in [0.1, 0.15) is 18.6 Å². The zero-order valence-corrected chi connectivity index (χ0v) is 20.0. The molecule has 1 fully saturated rings. The van der Waals surface area contributed by atoms with Crippen LogP contribution in [0.2, 0.25) is 0 Å². The molecule has 1 unspecified atom stereocenters. The molecule has 3 heterocycles. The first kappa shape index (κ1) is 24.0. The molecule has 0 amide bonds. The standard InChI is InChI=1S/C26H28N4O3.ClH/c1-32-26-8-5-12-28(26)14-15-30-24-10-9-22(16-21(24)18-27-30)29-13-11-23(17-25(29)31)33-19-20-6-3-2-4-7-20;/h2-4,6-7,9-11,13,16-18,26H,5,8,12,14-15,19H2,1H3;1H. The lowest BCUT2D eigenvalue weighted by Gasteiger charge is -2.22. The second-order valence-electron chi connectivity index (χ2n) is 8.32. The van der Waals surface area contributed by atoms with Crippen molar-refractivity contribution in [2.45, 2.75) is 32.2 Å². The van der Waals surface area contributed by atoms with Gasteiger partial charge in [0.05, 0.1) is 18.3 Å². The maximum absolute atomic E-state index is 12.7. The zero-order valence-electron chi connectivity index (χ0n) is 19.2. The summed E-state index contributed by atoms with van der Waals surface area (Å²) < 4.78 is 15.0. The number of likely N-dealkylation sites (tertiary alicyclic amines) is 1. The van der Waals surface area contributed by atoms with Crippen molar-refractivity contribution in [3.8, 4) is 11.4 Å². The second-order valence-corrected chi connectivity index (χ2v) is 8.32. The highest BCUT2D eigenvalue weighted by atomic mass is 35.5. The normalized spacial score (nSPS) is 16.0. The van der Waals surface area contributed by atoms with E-state index in [1.807, 2.05) is 65.5 Å². The van der Waals surface area contributed by atoms with Crippen molar-refractivity contribution in [2.24, 2.45) is 0 Å². The number of halogens is 1. The number of methoxy groups -OCH3 is 1. The number of hydrogen-bond acceptors (Lipinski definition) is 5. The number of rotatable bonds is 8. The minimum atomic E-state index is -0.132. The molecular weight excluding hydrogens is 452 g/mol. The second kappa shape index (κ2) is 10.9. The molecule has 0 radical (unpaired) electrons. The minimum Gasteiger partial charge on any atom is -0.489 e. The average Bonchev–Trinajstić information content (AvgIpc) is 3.48. The lowest BCUT2D eigenvalue weighted by Crippen LogP contribution is -2.33. The lowest BCUT2D eigenvalue weighted by molar-refractivity contribution is -0.00539. The van der Waals surface area contributed by atoms with Crippen molar-refractivity contribution in [2.75, 3.05) is 20.2 Å². The van der Waals surface area contributed by atoms with E-state index in [1.54, 1.807) is 17.9 Å². The summed E-state index contributed by atoms with van der Waals surface area (Å²) in [5.41, 5.74) is 2.79. The largest absolute Gasteiger partial charge is 0.489 e. The number of aromatic nitrogens is 3. The summed E-state index contributed by atoms with van der Waals surface area (Å²) in [6.07, 6.45) is 6.09. The molecule has 4 aromatic rings. The Hall–Kier alpha value is -3.13. The zero-order chi connectivity index (χ0) is 22.6. The molecule has 2 aromatic carbocycles. The molecule has 1 saturated heterocycles. The third kappa shape index (κ3) is 5.17. The summed E-state index contributed by atoms with van der Waals surface area (Å²) in [5.74, 6) is 0.560. The summed E-state index contributed by atoms with van der Waals surface area (Å²) in [6, 6.07) is 19.2. The molecule has 1 aliphatic rings. The van der Waals surface area contributed by atoms with Gasteiger partial charge in [0.25, 0.3) is 5.56 Å². The fourth-order valence-electron chi connectivity index (χ4n) is 4.45. The Morgan fingerprint density at radius 2 is 1.91 bits per heavy atom. The van der Waals surface area contributed by atoms with E-state index in [1.165, 1.54) is 12.5 Å². The topological polar surface area (TPSA) is 61.5 Å². The van der Waals surface area contributed by atoms with E-state index in [-0.39, 0.29) is 24.2 Å². The average molecular weight is 481 g/mol.